The van der Waals surface area contributed by atoms with Crippen molar-refractivity contribution in [2.45, 2.75) is 25.3 Å². The molecule has 0 radical (unpaired) electrons. The highest BCUT2D eigenvalue weighted by atomic mass is 35.5. The van der Waals surface area contributed by atoms with Crippen LogP contribution in [0.3, 0.4) is 0 Å². The fourth-order valence-electron chi connectivity index (χ4n) is 2.21. The van der Waals surface area contributed by atoms with Crippen LogP contribution < -0.4 is 5.32 Å². The fraction of sp³-hybridized carbons (Fsp3) is 0.500. The van der Waals surface area contributed by atoms with Crippen molar-refractivity contribution < 1.29 is 5.11 Å². The molecule has 2 N–H and O–H groups in total. The lowest BCUT2D eigenvalue weighted by molar-refractivity contribution is 0.222. The second kappa shape index (κ2) is 4.86. The Labute approximate surface area is 95.3 Å². The summed E-state index contributed by atoms with van der Waals surface area (Å²) in [6.45, 7) is 0.283. The molecule has 1 aliphatic rings. The van der Waals surface area contributed by atoms with Crippen molar-refractivity contribution in [2.75, 3.05) is 11.9 Å². The molecule has 1 saturated carbocycles. The number of nitrogens with one attached hydrogen (secondary N) is 1. The summed E-state index contributed by atoms with van der Waals surface area (Å²) in [4.78, 5) is 0. The third-order valence-corrected chi connectivity index (χ3v) is 3.34. The van der Waals surface area contributed by atoms with Gasteiger partial charge < -0.3 is 10.4 Å². The molecule has 2 atom stereocenters. The van der Waals surface area contributed by atoms with Gasteiger partial charge in [0.25, 0.3) is 0 Å². The van der Waals surface area contributed by atoms with Crippen LogP contribution in [-0.4, -0.2) is 17.8 Å². The van der Waals surface area contributed by atoms with Gasteiger partial charge in [-0.15, -0.1) is 0 Å². The van der Waals surface area contributed by atoms with Crippen LogP contribution in [0, 0.1) is 5.92 Å². The van der Waals surface area contributed by atoms with E-state index in [4.69, 9.17) is 11.6 Å². The van der Waals surface area contributed by atoms with E-state index in [2.05, 4.69) is 5.32 Å². The Bertz CT molecular complexity index is 312. The van der Waals surface area contributed by atoms with Crippen LogP contribution in [0.15, 0.2) is 24.3 Å². The SMILES string of the molecule is OCC1CCCC1Nc1ccc(Cl)cc1. The monoisotopic (exact) mass is 225 g/mol. The molecule has 1 fully saturated rings. The zero-order valence-corrected chi connectivity index (χ0v) is 9.37. The van der Waals surface area contributed by atoms with Crippen molar-refractivity contribution in [3.05, 3.63) is 29.3 Å². The van der Waals surface area contributed by atoms with Gasteiger partial charge in [-0.1, -0.05) is 18.0 Å². The molecule has 0 heterocycles. The summed E-state index contributed by atoms with van der Waals surface area (Å²) < 4.78 is 0. The molecule has 15 heavy (non-hydrogen) atoms. The summed E-state index contributed by atoms with van der Waals surface area (Å²) >= 11 is 5.82. The molecule has 2 unspecified atom stereocenters. The zero-order valence-electron chi connectivity index (χ0n) is 8.62. The maximum Gasteiger partial charge on any atom is 0.0478 e. The second-order valence-corrected chi connectivity index (χ2v) is 4.57. The molecule has 2 nitrogen and oxygen atoms in total. The van der Waals surface area contributed by atoms with E-state index in [0.717, 1.165) is 23.6 Å². The predicted molar refractivity (Wildman–Crippen MR) is 63.3 cm³/mol. The maximum atomic E-state index is 9.20. The van der Waals surface area contributed by atoms with Gasteiger partial charge in [-0.2, -0.15) is 0 Å². The number of aliphatic hydroxyl groups is 1. The molecule has 3 heteroatoms. The maximum absolute atomic E-state index is 9.20. The molecular formula is C12H16ClNO. The quantitative estimate of drug-likeness (QED) is 0.829. The van der Waals surface area contributed by atoms with Crippen molar-refractivity contribution in [1.82, 2.24) is 0 Å². The van der Waals surface area contributed by atoms with Gasteiger partial charge >= 0.3 is 0 Å². The first-order valence-electron chi connectivity index (χ1n) is 5.42. The minimum atomic E-state index is 0.283. The number of halogens is 1. The number of aliphatic hydroxyl groups excluding tert-OH is 1. The lowest BCUT2D eigenvalue weighted by atomic mass is 10.0. The van der Waals surface area contributed by atoms with Crippen LogP contribution in [0.4, 0.5) is 5.69 Å². The Hall–Kier alpha value is -0.730. The number of benzene rings is 1. The lowest BCUT2D eigenvalue weighted by Crippen LogP contribution is -2.26. The van der Waals surface area contributed by atoms with E-state index in [1.165, 1.54) is 6.42 Å². The average molecular weight is 226 g/mol. The van der Waals surface area contributed by atoms with Gasteiger partial charge in [0.1, 0.15) is 0 Å². The van der Waals surface area contributed by atoms with Gasteiger partial charge in [0, 0.05) is 29.3 Å². The zero-order chi connectivity index (χ0) is 10.7. The van der Waals surface area contributed by atoms with E-state index < -0.39 is 0 Å². The van der Waals surface area contributed by atoms with Crippen molar-refractivity contribution in [2.24, 2.45) is 5.92 Å². The topological polar surface area (TPSA) is 32.3 Å². The highest BCUT2D eigenvalue weighted by Gasteiger charge is 2.26. The van der Waals surface area contributed by atoms with Crippen LogP contribution in [0.2, 0.25) is 5.02 Å². The highest BCUT2D eigenvalue weighted by molar-refractivity contribution is 6.30. The molecule has 82 valence electrons. The summed E-state index contributed by atoms with van der Waals surface area (Å²) in [6.07, 6.45) is 3.48. The summed E-state index contributed by atoms with van der Waals surface area (Å²) in [6, 6.07) is 8.14. The van der Waals surface area contributed by atoms with E-state index >= 15 is 0 Å². The van der Waals surface area contributed by atoms with Crippen LogP contribution >= 0.6 is 11.6 Å². The van der Waals surface area contributed by atoms with Crippen LogP contribution in [0.25, 0.3) is 0 Å². The standard InChI is InChI=1S/C12H16ClNO/c13-10-4-6-11(7-5-10)14-12-3-1-2-9(12)8-15/h4-7,9,12,14-15H,1-3,8H2. The van der Waals surface area contributed by atoms with Crippen LogP contribution in [0.1, 0.15) is 19.3 Å². The van der Waals surface area contributed by atoms with Crippen molar-refractivity contribution >= 4 is 17.3 Å². The Balaban J connectivity index is 1.99. The molecule has 0 amide bonds. The smallest absolute Gasteiger partial charge is 0.0478 e. The van der Waals surface area contributed by atoms with Crippen LogP contribution in [0.5, 0.6) is 0 Å². The first-order chi connectivity index (χ1) is 7.29. The molecule has 1 aromatic carbocycles. The summed E-state index contributed by atoms with van der Waals surface area (Å²) in [5.74, 6) is 0.403. The summed E-state index contributed by atoms with van der Waals surface area (Å²) in [5.41, 5.74) is 1.09. The van der Waals surface area contributed by atoms with E-state index in [9.17, 15) is 5.11 Å². The second-order valence-electron chi connectivity index (χ2n) is 4.13. The molecule has 1 aromatic rings. The van der Waals surface area contributed by atoms with E-state index in [-0.39, 0.29) is 6.61 Å². The normalized spacial score (nSPS) is 25.5. The number of hydrogen-bond acceptors (Lipinski definition) is 2. The Morgan fingerprint density at radius 3 is 2.67 bits per heavy atom. The molecule has 2 rings (SSSR count). The molecular weight excluding hydrogens is 210 g/mol. The van der Waals surface area contributed by atoms with E-state index in [0.29, 0.717) is 12.0 Å². The first-order valence-corrected chi connectivity index (χ1v) is 5.80. The Kier molecular flexibility index (Phi) is 3.49. The molecule has 0 saturated heterocycles. The van der Waals surface area contributed by atoms with Gasteiger partial charge in [0.2, 0.25) is 0 Å². The summed E-state index contributed by atoms with van der Waals surface area (Å²) in [5, 5.41) is 13.4. The molecule has 0 aromatic heterocycles. The Morgan fingerprint density at radius 2 is 2.00 bits per heavy atom. The fourth-order valence-corrected chi connectivity index (χ4v) is 2.33. The van der Waals surface area contributed by atoms with E-state index in [1.807, 2.05) is 24.3 Å². The third kappa shape index (κ3) is 2.64. The molecule has 0 spiro atoms. The molecule has 0 aliphatic heterocycles. The lowest BCUT2D eigenvalue weighted by Gasteiger charge is -2.20. The first kappa shape index (κ1) is 10.8. The van der Waals surface area contributed by atoms with Crippen molar-refractivity contribution in [3.63, 3.8) is 0 Å². The minimum Gasteiger partial charge on any atom is -0.396 e. The number of anilines is 1. The summed E-state index contributed by atoms with van der Waals surface area (Å²) in [7, 11) is 0. The van der Waals surface area contributed by atoms with Gasteiger partial charge in [0.15, 0.2) is 0 Å². The predicted octanol–water partition coefficient (Wildman–Crippen LogP) is 2.91. The molecule has 0 bridgehead atoms. The largest absolute Gasteiger partial charge is 0.396 e. The van der Waals surface area contributed by atoms with Gasteiger partial charge in [-0.3, -0.25) is 0 Å². The number of rotatable bonds is 3. The third-order valence-electron chi connectivity index (χ3n) is 3.09. The Morgan fingerprint density at radius 1 is 1.27 bits per heavy atom. The van der Waals surface area contributed by atoms with Gasteiger partial charge in [0.05, 0.1) is 0 Å². The van der Waals surface area contributed by atoms with E-state index in [1.54, 1.807) is 0 Å². The minimum absolute atomic E-state index is 0.283. The average Bonchev–Trinajstić information content (AvgIpc) is 2.69. The van der Waals surface area contributed by atoms with Gasteiger partial charge in [-0.05, 0) is 37.1 Å². The van der Waals surface area contributed by atoms with Crippen molar-refractivity contribution in [1.29, 1.82) is 0 Å². The van der Waals surface area contributed by atoms with Crippen molar-refractivity contribution in [3.8, 4) is 0 Å². The van der Waals surface area contributed by atoms with Crippen LogP contribution in [-0.2, 0) is 0 Å². The molecule has 1 aliphatic carbocycles. The highest BCUT2D eigenvalue weighted by Crippen LogP contribution is 2.28. The van der Waals surface area contributed by atoms with Gasteiger partial charge in [-0.25, -0.2) is 0 Å². The number of hydrogen-bond donors (Lipinski definition) is 2.